The van der Waals surface area contributed by atoms with Crippen molar-refractivity contribution in [2.75, 3.05) is 0 Å². The molecule has 0 saturated carbocycles. The lowest BCUT2D eigenvalue weighted by Gasteiger charge is -1.38. The molecule has 3 heteroatoms. The maximum atomic E-state index is 5.99. The highest BCUT2D eigenvalue weighted by molar-refractivity contribution is 6.07. The van der Waals surface area contributed by atoms with Gasteiger partial charge in [0.05, 0.1) is 6.01 Å². The zero-order chi connectivity index (χ0) is 3.41. The van der Waals surface area contributed by atoms with Gasteiger partial charge >= 0.3 is 0 Å². The maximum Gasteiger partial charge on any atom is 0.238 e. The van der Waals surface area contributed by atoms with Gasteiger partial charge in [0.2, 0.25) is 10.4 Å². The number of rotatable bonds is 0. The summed E-state index contributed by atoms with van der Waals surface area (Å²) in [4.78, 5) is 0. The number of nitrogens with zero attached hydrogens (tertiary/aromatic N) is 1. The topological polar surface area (TPSA) is 36.2 Å². The maximum absolute atomic E-state index is 5.99. The Balaban J connectivity index is 3.11. The average molecular weight is 69.1 g/mol. The summed E-state index contributed by atoms with van der Waals surface area (Å²) in [6, 6.07) is 1.72. The summed E-state index contributed by atoms with van der Waals surface area (Å²) in [5.74, 6) is 0. The highest BCUT2D eigenvalue weighted by Crippen LogP contribution is 1.25. The Bertz CT molecular complexity index is 44.0. The van der Waals surface area contributed by atoms with Crippen molar-refractivity contribution in [2.24, 2.45) is 4.66 Å². The van der Waals surface area contributed by atoms with Gasteiger partial charge in [0.1, 0.15) is 0 Å². The van der Waals surface area contributed by atoms with Crippen LogP contribution in [0.4, 0.5) is 0 Å². The Morgan fingerprint density at radius 2 is 2.25 bits per heavy atom. The first kappa shape index (κ1) is 3.60. The predicted molar refractivity (Wildman–Crippen MR) is 15.9 cm³/mol. The molecule has 0 aliphatic carbocycles. The minimum absolute atomic E-state index is 1.72. The monoisotopic (exact) mass is 69.0 g/mol. The molecule has 0 spiro atoms. The average Bonchev–Trinajstić information content (AvgIpc) is 1.37. The molecule has 0 aromatic heterocycles. The van der Waals surface area contributed by atoms with Crippen molar-refractivity contribution in [2.45, 2.75) is 0 Å². The fourth-order valence-corrected chi connectivity index (χ4v) is 0. The molecule has 1 N–H and O–H groups in total. The summed E-state index contributed by atoms with van der Waals surface area (Å²) in [6.45, 7) is 0. The van der Waals surface area contributed by atoms with Crippen molar-refractivity contribution >= 4 is 16.4 Å². The van der Waals surface area contributed by atoms with Crippen LogP contribution < -0.4 is 0 Å². The molecule has 0 amide bonds. The second kappa shape index (κ2) is 2.60. The molecule has 19 valence electrons. The van der Waals surface area contributed by atoms with Gasteiger partial charge in [0.25, 0.3) is 0 Å². The Morgan fingerprint density at radius 3 is 2.25 bits per heavy atom. The van der Waals surface area contributed by atoms with E-state index in [4.69, 9.17) is 5.41 Å². The van der Waals surface area contributed by atoms with Gasteiger partial charge in [0.15, 0.2) is 0 Å². The Hall–Kier alpha value is -0.403. The molecule has 0 atom stereocenters. The number of hydrogen-bond acceptors (Lipinski definition) is 2. The van der Waals surface area contributed by atoms with Crippen LogP contribution in [0.1, 0.15) is 0 Å². The zero-order valence-electron chi connectivity index (χ0n) is 1.95. The Morgan fingerprint density at radius 1 is 2.00 bits per heavy atom. The highest BCUT2D eigenvalue weighted by atomic mass is 28.2. The van der Waals surface area contributed by atoms with Crippen LogP contribution in [0.3, 0.4) is 0 Å². The lowest BCUT2D eigenvalue weighted by atomic mass is 11.6. The second-order valence-electron chi connectivity index (χ2n) is 0.224. The molecule has 0 saturated heterocycles. The van der Waals surface area contributed by atoms with E-state index in [2.05, 4.69) is 15.1 Å². The van der Waals surface area contributed by atoms with Crippen molar-refractivity contribution in [1.82, 2.24) is 0 Å². The number of nitrogens with one attached hydrogen (secondary N) is 1. The van der Waals surface area contributed by atoms with Crippen molar-refractivity contribution in [3.8, 4) is 0 Å². The standard InChI is InChI=1S/CHN2Si/c2-1-3-4/h2H. The van der Waals surface area contributed by atoms with Gasteiger partial charge in [-0.25, -0.2) is 5.41 Å². The smallest absolute Gasteiger partial charge is 0.238 e. The van der Waals surface area contributed by atoms with Gasteiger partial charge in [0, 0.05) is 0 Å². The van der Waals surface area contributed by atoms with E-state index >= 15 is 0 Å². The molecule has 0 aliphatic rings. The predicted octanol–water partition coefficient (Wildman–Crippen LogP) is -0.177. The number of hydrogen-bond donors (Lipinski definition) is 1. The minimum atomic E-state index is 1.72. The lowest BCUT2D eigenvalue weighted by Crippen LogP contribution is -1.41. The first-order valence-corrected chi connectivity index (χ1v) is 1.14. The molecule has 3 radical (unpaired) electrons. The fraction of sp³-hybridized carbons (Fsp3) is 0. The molecule has 0 bridgehead atoms. The molecule has 2 nitrogen and oxygen atoms in total. The van der Waals surface area contributed by atoms with E-state index in [1.807, 2.05) is 0 Å². The minimum Gasteiger partial charge on any atom is -0.271 e. The third kappa shape index (κ3) is 1.60. The molecule has 0 aromatic rings. The van der Waals surface area contributed by atoms with Gasteiger partial charge in [-0.1, -0.05) is 0 Å². The van der Waals surface area contributed by atoms with Crippen LogP contribution >= 0.6 is 0 Å². The third-order valence-electron chi connectivity index (χ3n) is 0.0559. The van der Waals surface area contributed by atoms with Gasteiger partial charge in [-0.2, -0.15) is 0 Å². The summed E-state index contributed by atoms with van der Waals surface area (Å²) in [5.41, 5.74) is 0. The summed E-state index contributed by atoms with van der Waals surface area (Å²) in [6.07, 6.45) is 0. The quantitative estimate of drug-likeness (QED) is 0.302. The largest absolute Gasteiger partial charge is 0.271 e. The first-order chi connectivity index (χ1) is 1.91. The molecular weight excluding hydrogens is 68.1 g/mol. The van der Waals surface area contributed by atoms with Crippen molar-refractivity contribution in [3.63, 3.8) is 0 Å². The van der Waals surface area contributed by atoms with Crippen LogP contribution in [0.5, 0.6) is 0 Å². The van der Waals surface area contributed by atoms with E-state index < -0.39 is 0 Å². The summed E-state index contributed by atoms with van der Waals surface area (Å²) < 4.78 is 2.96. The highest BCUT2D eigenvalue weighted by Gasteiger charge is 1.27. The van der Waals surface area contributed by atoms with E-state index in [9.17, 15) is 0 Å². The molecule has 0 rings (SSSR count). The van der Waals surface area contributed by atoms with Crippen LogP contribution in [0.25, 0.3) is 0 Å². The summed E-state index contributed by atoms with van der Waals surface area (Å²) >= 11 is 0. The van der Waals surface area contributed by atoms with Gasteiger partial charge in [-0.05, 0) is 0 Å². The Labute approximate surface area is 27.6 Å². The van der Waals surface area contributed by atoms with E-state index in [-0.39, 0.29) is 0 Å². The first-order valence-electron chi connectivity index (χ1n) is 0.697. The van der Waals surface area contributed by atoms with E-state index in [1.54, 1.807) is 6.01 Å². The van der Waals surface area contributed by atoms with Crippen molar-refractivity contribution in [3.05, 3.63) is 0 Å². The molecule has 0 heterocycles. The van der Waals surface area contributed by atoms with Gasteiger partial charge < -0.3 is 0 Å². The van der Waals surface area contributed by atoms with Crippen LogP contribution in [0.2, 0.25) is 0 Å². The molecule has 4 heavy (non-hydrogen) atoms. The van der Waals surface area contributed by atoms with Gasteiger partial charge in [-0.15, -0.1) is 0 Å². The van der Waals surface area contributed by atoms with E-state index in [0.717, 1.165) is 0 Å². The molecular formula is CHN2Si. The molecule has 0 fully saturated rings. The SMILES string of the molecule is N=C=N[Si]. The van der Waals surface area contributed by atoms with Crippen molar-refractivity contribution < 1.29 is 0 Å². The molecule has 0 unspecified atom stereocenters. The fourth-order valence-electron chi connectivity index (χ4n) is 0. The van der Waals surface area contributed by atoms with Gasteiger partial charge in [-0.3, -0.25) is 4.66 Å². The molecule has 0 aliphatic heterocycles. The zero-order valence-corrected chi connectivity index (χ0v) is 2.95. The molecule has 0 aromatic carbocycles. The van der Waals surface area contributed by atoms with Crippen LogP contribution in [-0.4, -0.2) is 16.4 Å². The lowest BCUT2D eigenvalue weighted by molar-refractivity contribution is 1.57. The third-order valence-corrected chi connectivity index (χ3v) is 0.168. The van der Waals surface area contributed by atoms with E-state index in [0.29, 0.717) is 0 Å². The van der Waals surface area contributed by atoms with Crippen molar-refractivity contribution in [1.29, 1.82) is 5.41 Å². The second-order valence-corrected chi connectivity index (χ2v) is 0.447. The van der Waals surface area contributed by atoms with Crippen LogP contribution in [0, 0.1) is 5.41 Å². The van der Waals surface area contributed by atoms with Crippen LogP contribution in [0.15, 0.2) is 4.66 Å². The summed E-state index contributed by atoms with van der Waals surface area (Å²) in [7, 11) is 2.61. The normalized spacial score (nSPS) is 4.25. The van der Waals surface area contributed by atoms with Crippen LogP contribution in [-0.2, 0) is 0 Å². The van der Waals surface area contributed by atoms with E-state index in [1.165, 1.54) is 0 Å². The summed E-state index contributed by atoms with van der Waals surface area (Å²) in [5, 5.41) is 5.99. The Kier molecular flexibility index (Phi) is 2.34.